The maximum absolute atomic E-state index is 12.7. The molecular weight excluding hydrogens is 318 g/mol. The number of hydrogen-bond donors (Lipinski definition) is 1. The Kier molecular flexibility index (Phi) is 5.58. The summed E-state index contributed by atoms with van der Waals surface area (Å²) < 4.78 is 5.13. The van der Waals surface area contributed by atoms with E-state index in [1.807, 2.05) is 9.80 Å². The molecule has 2 atom stereocenters. The van der Waals surface area contributed by atoms with Gasteiger partial charge in [0.2, 0.25) is 5.91 Å². The first-order chi connectivity index (χ1) is 12.1. The summed E-state index contributed by atoms with van der Waals surface area (Å²) in [5.41, 5.74) is 0.660. The van der Waals surface area contributed by atoms with Gasteiger partial charge in [0.15, 0.2) is 0 Å². The van der Waals surface area contributed by atoms with Crippen LogP contribution in [0, 0.1) is 5.92 Å². The summed E-state index contributed by atoms with van der Waals surface area (Å²) in [5, 5.41) is 3.39. The highest BCUT2D eigenvalue weighted by Gasteiger charge is 2.31. The number of nitrogens with zero attached hydrogens (tertiary/aromatic N) is 2. The van der Waals surface area contributed by atoms with Gasteiger partial charge in [0, 0.05) is 43.7 Å². The number of nitrogens with one attached hydrogen (secondary N) is 1. The second kappa shape index (κ2) is 7.87. The molecule has 2 aliphatic rings. The molecule has 6 heteroatoms. The third kappa shape index (κ3) is 4.12. The summed E-state index contributed by atoms with van der Waals surface area (Å²) in [6.45, 7) is 5.48. The van der Waals surface area contributed by atoms with Gasteiger partial charge in [0.1, 0.15) is 5.75 Å². The zero-order chi connectivity index (χ0) is 17.8. The largest absolute Gasteiger partial charge is 0.497 e. The number of piperazine rings is 1. The molecule has 1 N–H and O–H groups in total. The van der Waals surface area contributed by atoms with E-state index in [1.165, 1.54) is 0 Å². The molecular formula is C19H27N3O3. The fourth-order valence-corrected chi connectivity index (χ4v) is 3.66. The highest BCUT2D eigenvalue weighted by atomic mass is 16.5. The normalized spacial score (nSPS) is 24.1. The molecule has 2 fully saturated rings. The van der Waals surface area contributed by atoms with Crippen LogP contribution in [-0.2, 0) is 4.79 Å². The highest BCUT2D eigenvalue weighted by molar-refractivity contribution is 5.94. The standard InChI is InChI=1S/C19H27N3O3/c1-14-13-16(7-8-20-14)19(24)22-11-9-21(10-12-22)18(23)15-3-5-17(25-2)6-4-15/h3-6,14,16,20H,7-13H2,1-2H3/t14-,16-/m0/s1. The quantitative estimate of drug-likeness (QED) is 0.899. The molecule has 2 aliphatic heterocycles. The maximum atomic E-state index is 12.7. The van der Waals surface area contributed by atoms with E-state index in [1.54, 1.807) is 31.4 Å². The third-order valence-electron chi connectivity index (χ3n) is 5.19. The van der Waals surface area contributed by atoms with Crippen molar-refractivity contribution < 1.29 is 14.3 Å². The van der Waals surface area contributed by atoms with Gasteiger partial charge in [-0.2, -0.15) is 0 Å². The molecule has 136 valence electrons. The zero-order valence-electron chi connectivity index (χ0n) is 15.0. The SMILES string of the molecule is COc1ccc(C(=O)N2CCN(C(=O)[C@H]3CCN[C@@H](C)C3)CC2)cc1. The predicted molar refractivity (Wildman–Crippen MR) is 95.7 cm³/mol. The molecule has 0 unspecified atom stereocenters. The van der Waals surface area contributed by atoms with E-state index in [2.05, 4.69) is 12.2 Å². The van der Waals surface area contributed by atoms with Gasteiger partial charge < -0.3 is 19.9 Å². The smallest absolute Gasteiger partial charge is 0.253 e. The lowest BCUT2D eigenvalue weighted by Gasteiger charge is -2.38. The van der Waals surface area contributed by atoms with Crippen LogP contribution in [0.4, 0.5) is 0 Å². The van der Waals surface area contributed by atoms with Crippen molar-refractivity contribution in [3.63, 3.8) is 0 Å². The van der Waals surface area contributed by atoms with E-state index >= 15 is 0 Å². The Morgan fingerprint density at radius 1 is 1.08 bits per heavy atom. The van der Waals surface area contributed by atoms with Gasteiger partial charge in [0.25, 0.3) is 5.91 Å². The predicted octanol–water partition coefficient (Wildman–Crippen LogP) is 1.37. The van der Waals surface area contributed by atoms with Crippen molar-refractivity contribution in [2.24, 2.45) is 5.92 Å². The van der Waals surface area contributed by atoms with Gasteiger partial charge in [-0.25, -0.2) is 0 Å². The highest BCUT2D eigenvalue weighted by Crippen LogP contribution is 2.20. The van der Waals surface area contributed by atoms with Gasteiger partial charge in [-0.05, 0) is 50.6 Å². The lowest BCUT2D eigenvalue weighted by Crippen LogP contribution is -2.53. The summed E-state index contributed by atoms with van der Waals surface area (Å²) in [7, 11) is 1.61. The van der Waals surface area contributed by atoms with Crippen molar-refractivity contribution in [2.75, 3.05) is 39.8 Å². The number of rotatable bonds is 3. The number of amides is 2. The minimum atomic E-state index is 0.0187. The van der Waals surface area contributed by atoms with Gasteiger partial charge >= 0.3 is 0 Å². The molecule has 6 nitrogen and oxygen atoms in total. The van der Waals surface area contributed by atoms with Gasteiger partial charge in [0.05, 0.1) is 7.11 Å². The number of carbonyl (C=O) groups excluding carboxylic acids is 2. The molecule has 0 saturated carbocycles. The van der Waals surface area contributed by atoms with Gasteiger partial charge in [-0.1, -0.05) is 0 Å². The van der Waals surface area contributed by atoms with Crippen LogP contribution in [-0.4, -0.2) is 67.5 Å². The van der Waals surface area contributed by atoms with E-state index in [0.29, 0.717) is 37.8 Å². The fraction of sp³-hybridized carbons (Fsp3) is 0.579. The Bertz CT molecular complexity index is 609. The van der Waals surface area contributed by atoms with E-state index in [4.69, 9.17) is 4.74 Å². The van der Waals surface area contributed by atoms with E-state index < -0.39 is 0 Å². The molecule has 2 amide bonds. The van der Waals surface area contributed by atoms with Crippen LogP contribution in [0.3, 0.4) is 0 Å². The van der Waals surface area contributed by atoms with E-state index in [0.717, 1.165) is 25.1 Å². The van der Waals surface area contributed by atoms with Crippen molar-refractivity contribution >= 4 is 11.8 Å². The third-order valence-corrected chi connectivity index (χ3v) is 5.19. The van der Waals surface area contributed by atoms with Crippen LogP contribution < -0.4 is 10.1 Å². The number of carbonyl (C=O) groups is 2. The Labute approximate surface area is 149 Å². The molecule has 0 radical (unpaired) electrons. The van der Waals surface area contributed by atoms with Crippen LogP contribution in [0.2, 0.25) is 0 Å². The van der Waals surface area contributed by atoms with Crippen LogP contribution in [0.1, 0.15) is 30.1 Å². The molecule has 2 heterocycles. The Morgan fingerprint density at radius 2 is 1.72 bits per heavy atom. The van der Waals surface area contributed by atoms with Crippen molar-refractivity contribution in [1.29, 1.82) is 0 Å². The molecule has 1 aromatic carbocycles. The fourth-order valence-electron chi connectivity index (χ4n) is 3.66. The van der Waals surface area contributed by atoms with Crippen LogP contribution in [0.15, 0.2) is 24.3 Å². The number of piperidine rings is 1. The molecule has 0 bridgehead atoms. The zero-order valence-corrected chi connectivity index (χ0v) is 15.0. The lowest BCUT2D eigenvalue weighted by atomic mass is 9.92. The molecule has 25 heavy (non-hydrogen) atoms. The molecule has 1 aromatic rings. The minimum Gasteiger partial charge on any atom is -0.497 e. The molecule has 3 rings (SSSR count). The van der Waals surface area contributed by atoms with E-state index in [-0.39, 0.29) is 17.7 Å². The van der Waals surface area contributed by atoms with Gasteiger partial charge in [-0.15, -0.1) is 0 Å². The number of benzene rings is 1. The second-order valence-corrected chi connectivity index (χ2v) is 6.92. The molecule has 0 aromatic heterocycles. The minimum absolute atomic E-state index is 0.0187. The molecule has 0 aliphatic carbocycles. The number of methoxy groups -OCH3 is 1. The first kappa shape index (κ1) is 17.7. The molecule has 2 saturated heterocycles. The number of hydrogen-bond acceptors (Lipinski definition) is 4. The molecule has 0 spiro atoms. The lowest BCUT2D eigenvalue weighted by molar-refractivity contribution is -0.138. The van der Waals surface area contributed by atoms with Crippen LogP contribution in [0.25, 0.3) is 0 Å². The van der Waals surface area contributed by atoms with Crippen molar-refractivity contribution in [2.45, 2.75) is 25.8 Å². The van der Waals surface area contributed by atoms with Crippen molar-refractivity contribution in [1.82, 2.24) is 15.1 Å². The van der Waals surface area contributed by atoms with Gasteiger partial charge in [-0.3, -0.25) is 9.59 Å². The Morgan fingerprint density at radius 3 is 2.32 bits per heavy atom. The van der Waals surface area contributed by atoms with E-state index in [9.17, 15) is 9.59 Å². The Hall–Kier alpha value is -2.08. The second-order valence-electron chi connectivity index (χ2n) is 6.92. The van der Waals surface area contributed by atoms with Crippen molar-refractivity contribution in [3.8, 4) is 5.75 Å². The summed E-state index contributed by atoms with van der Waals surface area (Å²) in [6.07, 6.45) is 1.82. The first-order valence-electron chi connectivity index (χ1n) is 9.04. The average molecular weight is 345 g/mol. The maximum Gasteiger partial charge on any atom is 0.253 e. The van der Waals surface area contributed by atoms with Crippen LogP contribution in [0.5, 0.6) is 5.75 Å². The topological polar surface area (TPSA) is 61.9 Å². The Balaban J connectivity index is 1.54. The van der Waals surface area contributed by atoms with Crippen LogP contribution >= 0.6 is 0 Å². The summed E-state index contributed by atoms with van der Waals surface area (Å²) >= 11 is 0. The average Bonchev–Trinajstić information content (AvgIpc) is 2.67. The van der Waals surface area contributed by atoms with Crippen molar-refractivity contribution in [3.05, 3.63) is 29.8 Å². The summed E-state index contributed by atoms with van der Waals surface area (Å²) in [4.78, 5) is 29.1. The first-order valence-corrected chi connectivity index (χ1v) is 9.04. The number of ether oxygens (including phenoxy) is 1. The summed E-state index contributed by atoms with van der Waals surface area (Å²) in [6, 6.07) is 7.57. The summed E-state index contributed by atoms with van der Waals surface area (Å²) in [5.74, 6) is 1.14. The monoisotopic (exact) mass is 345 g/mol.